The fourth-order valence-electron chi connectivity index (χ4n) is 3.20. The van der Waals surface area contributed by atoms with Crippen LogP contribution in [0.2, 0.25) is 0 Å². The van der Waals surface area contributed by atoms with Crippen molar-refractivity contribution in [3.8, 4) is 0 Å². The second kappa shape index (κ2) is 7.29. The van der Waals surface area contributed by atoms with Crippen molar-refractivity contribution in [2.24, 2.45) is 0 Å². The lowest BCUT2D eigenvalue weighted by Gasteiger charge is -2.36. The third kappa shape index (κ3) is 5.46. The third-order valence-electron chi connectivity index (χ3n) is 4.47. The Labute approximate surface area is 149 Å². The summed E-state index contributed by atoms with van der Waals surface area (Å²) in [5, 5.41) is 0. The Hall–Kier alpha value is -1.05. The second-order valence-electron chi connectivity index (χ2n) is 7.74. The van der Waals surface area contributed by atoms with Crippen LogP contribution in [0.5, 0.6) is 0 Å². The highest BCUT2D eigenvalue weighted by atomic mass is 32.2. The van der Waals surface area contributed by atoms with Crippen molar-refractivity contribution in [3.63, 3.8) is 0 Å². The molecule has 1 aromatic carbocycles. The molecule has 2 rings (SSSR count). The predicted octanol–water partition coefficient (Wildman–Crippen LogP) is 3.99. The van der Waals surface area contributed by atoms with Gasteiger partial charge in [-0.05, 0) is 52.7 Å². The minimum absolute atomic E-state index is 0.00371. The summed E-state index contributed by atoms with van der Waals surface area (Å²) in [6.07, 6.45) is 0.712. The Bertz CT molecular complexity index is 681. The van der Waals surface area contributed by atoms with Crippen LogP contribution in [0.25, 0.3) is 0 Å². The molecule has 25 heavy (non-hydrogen) atoms. The molecule has 0 aromatic heterocycles. The molecule has 0 aliphatic carbocycles. The number of benzene rings is 1. The number of halogens is 2. The summed E-state index contributed by atoms with van der Waals surface area (Å²) in [4.78, 5) is 1.92. The first-order chi connectivity index (χ1) is 11.4. The number of nitrogens with zero attached hydrogens (tertiary/aromatic N) is 1. The van der Waals surface area contributed by atoms with E-state index >= 15 is 0 Å². The van der Waals surface area contributed by atoms with E-state index in [1.54, 1.807) is 12.1 Å². The summed E-state index contributed by atoms with van der Waals surface area (Å²) in [7, 11) is -3.80. The van der Waals surface area contributed by atoms with Crippen LogP contribution < -0.4 is 0 Å². The zero-order chi connectivity index (χ0) is 18.9. The number of alkyl halides is 2. The Balaban J connectivity index is 1.88. The molecule has 1 fully saturated rings. The van der Waals surface area contributed by atoms with Crippen molar-refractivity contribution in [2.45, 2.75) is 69.4 Å². The molecule has 0 unspecified atom stereocenters. The van der Waals surface area contributed by atoms with Gasteiger partial charge in [0.25, 0.3) is 16.0 Å². The van der Waals surface area contributed by atoms with Crippen LogP contribution in [0, 0.1) is 6.92 Å². The summed E-state index contributed by atoms with van der Waals surface area (Å²) < 4.78 is 56.8. The Morgan fingerprint density at radius 2 is 1.84 bits per heavy atom. The van der Waals surface area contributed by atoms with Crippen molar-refractivity contribution in [2.75, 3.05) is 13.2 Å². The second-order valence-corrected chi connectivity index (χ2v) is 9.36. The molecule has 142 valence electrons. The molecule has 1 atom stereocenters. The van der Waals surface area contributed by atoms with Crippen LogP contribution in [0.1, 0.15) is 45.6 Å². The smallest absolute Gasteiger partial charge is 0.289 e. The van der Waals surface area contributed by atoms with Gasteiger partial charge < -0.3 is 0 Å². The van der Waals surface area contributed by atoms with Gasteiger partial charge in [0.05, 0.1) is 18.0 Å². The highest BCUT2D eigenvalue weighted by Gasteiger charge is 2.47. The number of hydrogen-bond acceptors (Lipinski definition) is 4. The van der Waals surface area contributed by atoms with Crippen LogP contribution in [-0.2, 0) is 14.3 Å². The van der Waals surface area contributed by atoms with Crippen molar-refractivity contribution in [1.82, 2.24) is 4.90 Å². The number of aryl methyl sites for hydroxylation is 1. The zero-order valence-corrected chi connectivity index (χ0v) is 16.1. The number of likely N-dealkylation sites (tertiary alicyclic amines) is 1. The van der Waals surface area contributed by atoms with E-state index in [2.05, 4.69) is 0 Å². The topological polar surface area (TPSA) is 46.6 Å². The number of hydrogen-bond donors (Lipinski definition) is 0. The minimum atomic E-state index is -3.80. The predicted molar refractivity (Wildman–Crippen MR) is 93.4 cm³/mol. The molecule has 1 saturated heterocycles. The molecule has 0 spiro atoms. The lowest BCUT2D eigenvalue weighted by Crippen LogP contribution is -2.45. The van der Waals surface area contributed by atoms with E-state index in [9.17, 15) is 17.2 Å². The Morgan fingerprint density at radius 1 is 1.24 bits per heavy atom. The zero-order valence-electron chi connectivity index (χ0n) is 15.3. The highest BCUT2D eigenvalue weighted by Crippen LogP contribution is 2.38. The molecule has 1 aliphatic rings. The van der Waals surface area contributed by atoms with Crippen LogP contribution in [0.15, 0.2) is 29.2 Å². The number of rotatable bonds is 6. The SMILES string of the molecule is Cc1ccc(S(=O)(=O)OCCC[C@@H]2CC(F)(F)CN2C(C)(C)C)cc1. The average Bonchev–Trinajstić information content (AvgIpc) is 2.79. The lowest BCUT2D eigenvalue weighted by atomic mass is 10.0. The molecule has 0 amide bonds. The monoisotopic (exact) mass is 375 g/mol. The van der Waals surface area contributed by atoms with Crippen molar-refractivity contribution in [1.29, 1.82) is 0 Å². The third-order valence-corrected chi connectivity index (χ3v) is 5.79. The van der Waals surface area contributed by atoms with Gasteiger partial charge in [0, 0.05) is 18.0 Å². The van der Waals surface area contributed by atoms with Gasteiger partial charge in [-0.1, -0.05) is 17.7 Å². The van der Waals surface area contributed by atoms with E-state index < -0.39 is 16.0 Å². The quantitative estimate of drug-likeness (QED) is 0.557. The first-order valence-electron chi connectivity index (χ1n) is 8.51. The van der Waals surface area contributed by atoms with Gasteiger partial charge in [-0.3, -0.25) is 9.08 Å². The fourth-order valence-corrected chi connectivity index (χ4v) is 4.14. The maximum Gasteiger partial charge on any atom is 0.296 e. The van der Waals surface area contributed by atoms with Gasteiger partial charge in [-0.2, -0.15) is 8.42 Å². The molecule has 7 heteroatoms. The van der Waals surface area contributed by atoms with Crippen LogP contribution >= 0.6 is 0 Å². The standard InChI is InChI=1S/C18H27F2NO3S/c1-14-7-9-16(10-8-14)25(22,23)24-11-5-6-15-12-18(19,20)13-21(15)17(2,3)4/h7-10,15H,5-6,11-13H2,1-4H3/t15-/m1/s1. The minimum Gasteiger partial charge on any atom is -0.289 e. The van der Waals surface area contributed by atoms with Crippen LogP contribution in [0.3, 0.4) is 0 Å². The van der Waals surface area contributed by atoms with Crippen molar-refractivity contribution < 1.29 is 21.4 Å². The summed E-state index contributed by atoms with van der Waals surface area (Å²) in [5.41, 5.74) is 0.614. The van der Waals surface area contributed by atoms with E-state index in [-0.39, 0.29) is 36.0 Å². The molecule has 4 nitrogen and oxygen atoms in total. The van der Waals surface area contributed by atoms with Crippen molar-refractivity contribution in [3.05, 3.63) is 29.8 Å². The molecule has 0 bridgehead atoms. The molecule has 0 N–H and O–H groups in total. The molecule has 1 heterocycles. The van der Waals surface area contributed by atoms with E-state index in [0.29, 0.717) is 12.8 Å². The van der Waals surface area contributed by atoms with E-state index in [4.69, 9.17) is 4.18 Å². The summed E-state index contributed by atoms with van der Waals surface area (Å²) in [5.74, 6) is -2.69. The van der Waals surface area contributed by atoms with Gasteiger partial charge in [-0.15, -0.1) is 0 Å². The van der Waals surface area contributed by atoms with Crippen LogP contribution in [-0.4, -0.2) is 44.0 Å². The average molecular weight is 375 g/mol. The molecule has 0 saturated carbocycles. The van der Waals surface area contributed by atoms with Gasteiger partial charge in [0.15, 0.2) is 0 Å². The highest BCUT2D eigenvalue weighted by molar-refractivity contribution is 7.86. The maximum atomic E-state index is 13.8. The summed E-state index contributed by atoms with van der Waals surface area (Å²) in [6, 6.07) is 6.16. The molecule has 0 radical (unpaired) electrons. The van der Waals surface area contributed by atoms with Gasteiger partial charge >= 0.3 is 0 Å². The van der Waals surface area contributed by atoms with Crippen LogP contribution in [0.4, 0.5) is 8.78 Å². The van der Waals surface area contributed by atoms with E-state index in [1.807, 2.05) is 32.6 Å². The molecule has 1 aliphatic heterocycles. The maximum absolute atomic E-state index is 13.8. The lowest BCUT2D eigenvalue weighted by molar-refractivity contribution is 0.00132. The molecular formula is C18H27F2NO3S. The Morgan fingerprint density at radius 3 is 2.40 bits per heavy atom. The Kier molecular flexibility index (Phi) is 5.91. The normalized spacial score (nSPS) is 21.6. The summed E-state index contributed by atoms with van der Waals surface area (Å²) >= 11 is 0. The van der Waals surface area contributed by atoms with Gasteiger partial charge in [-0.25, -0.2) is 8.78 Å². The van der Waals surface area contributed by atoms with Crippen molar-refractivity contribution >= 4 is 10.1 Å². The fraction of sp³-hybridized carbons (Fsp3) is 0.667. The molecular weight excluding hydrogens is 348 g/mol. The first kappa shape index (κ1) is 20.3. The molecule has 1 aromatic rings. The first-order valence-corrected chi connectivity index (χ1v) is 9.92. The van der Waals surface area contributed by atoms with E-state index in [0.717, 1.165) is 5.56 Å². The summed E-state index contributed by atoms with van der Waals surface area (Å²) in [6.45, 7) is 7.37. The van der Waals surface area contributed by atoms with E-state index in [1.165, 1.54) is 12.1 Å². The van der Waals surface area contributed by atoms with Gasteiger partial charge in [0.1, 0.15) is 0 Å². The largest absolute Gasteiger partial charge is 0.296 e. The van der Waals surface area contributed by atoms with Gasteiger partial charge in [0.2, 0.25) is 0 Å².